The van der Waals surface area contributed by atoms with E-state index in [0.717, 1.165) is 16.8 Å². The number of methoxy groups -OCH3 is 1. The number of carbonyl (C=O) groups excluding carboxylic acids is 2. The molecule has 0 unspecified atom stereocenters. The third kappa shape index (κ3) is 5.51. The summed E-state index contributed by atoms with van der Waals surface area (Å²) in [6, 6.07) is 13.0. The Balaban J connectivity index is 1.74. The molecule has 26 heavy (non-hydrogen) atoms. The van der Waals surface area contributed by atoms with E-state index in [-0.39, 0.29) is 31.4 Å². The first kappa shape index (κ1) is 19.3. The number of para-hydroxylation sites is 3. The Morgan fingerprint density at radius 3 is 2.23 bits per heavy atom. The average Bonchev–Trinajstić information content (AvgIpc) is 2.63. The first-order valence-electron chi connectivity index (χ1n) is 8.40. The largest absolute Gasteiger partial charge is 0.493 e. The normalized spacial score (nSPS) is 10.1. The van der Waals surface area contributed by atoms with Gasteiger partial charge in [0.1, 0.15) is 0 Å². The SMILES string of the molecule is COc1ccccc1OCCC(=O)NCC(=O)Nc1c(C)cccc1C. The van der Waals surface area contributed by atoms with Crippen LogP contribution >= 0.6 is 0 Å². The lowest BCUT2D eigenvalue weighted by Gasteiger charge is -2.12. The Morgan fingerprint density at radius 2 is 1.58 bits per heavy atom. The molecule has 0 spiro atoms. The third-order valence-electron chi connectivity index (χ3n) is 3.85. The van der Waals surface area contributed by atoms with Crippen LogP contribution in [0, 0.1) is 13.8 Å². The Morgan fingerprint density at radius 1 is 0.923 bits per heavy atom. The van der Waals surface area contributed by atoms with Gasteiger partial charge >= 0.3 is 0 Å². The highest BCUT2D eigenvalue weighted by Gasteiger charge is 2.10. The van der Waals surface area contributed by atoms with Gasteiger partial charge in [0, 0.05) is 5.69 Å². The maximum atomic E-state index is 12.0. The number of aryl methyl sites for hydroxylation is 2. The molecule has 0 aromatic heterocycles. The van der Waals surface area contributed by atoms with Gasteiger partial charge in [-0.15, -0.1) is 0 Å². The minimum absolute atomic E-state index is 0.0821. The van der Waals surface area contributed by atoms with Crippen molar-refractivity contribution in [3.63, 3.8) is 0 Å². The molecule has 2 rings (SSSR count). The minimum Gasteiger partial charge on any atom is -0.493 e. The molecule has 0 atom stereocenters. The van der Waals surface area contributed by atoms with E-state index in [9.17, 15) is 9.59 Å². The summed E-state index contributed by atoms with van der Waals surface area (Å²) >= 11 is 0. The number of hydrogen-bond donors (Lipinski definition) is 2. The maximum absolute atomic E-state index is 12.0. The molecule has 0 aliphatic heterocycles. The van der Waals surface area contributed by atoms with Crippen molar-refractivity contribution in [3.8, 4) is 11.5 Å². The summed E-state index contributed by atoms with van der Waals surface area (Å²) in [6.45, 7) is 3.97. The summed E-state index contributed by atoms with van der Waals surface area (Å²) in [5.41, 5.74) is 2.75. The van der Waals surface area contributed by atoms with Crippen LogP contribution in [0.5, 0.6) is 11.5 Å². The molecule has 0 fully saturated rings. The van der Waals surface area contributed by atoms with Gasteiger partial charge in [-0.25, -0.2) is 0 Å². The van der Waals surface area contributed by atoms with Gasteiger partial charge in [-0.3, -0.25) is 9.59 Å². The zero-order chi connectivity index (χ0) is 18.9. The number of benzene rings is 2. The lowest BCUT2D eigenvalue weighted by Crippen LogP contribution is -2.33. The first-order chi connectivity index (χ1) is 12.5. The van der Waals surface area contributed by atoms with Crippen molar-refractivity contribution < 1.29 is 19.1 Å². The highest BCUT2D eigenvalue weighted by molar-refractivity contribution is 5.95. The van der Waals surface area contributed by atoms with Crippen molar-refractivity contribution in [3.05, 3.63) is 53.6 Å². The molecule has 2 N–H and O–H groups in total. The van der Waals surface area contributed by atoms with Crippen LogP contribution in [-0.4, -0.2) is 32.1 Å². The van der Waals surface area contributed by atoms with Crippen molar-refractivity contribution in [2.24, 2.45) is 0 Å². The number of amides is 2. The number of rotatable bonds is 8. The lowest BCUT2D eigenvalue weighted by atomic mass is 10.1. The van der Waals surface area contributed by atoms with E-state index in [1.807, 2.05) is 44.2 Å². The molecule has 2 aromatic carbocycles. The summed E-state index contributed by atoms with van der Waals surface area (Å²) in [5, 5.41) is 5.42. The number of carbonyl (C=O) groups is 2. The van der Waals surface area contributed by atoms with Crippen LogP contribution in [0.1, 0.15) is 17.5 Å². The summed E-state index contributed by atoms with van der Waals surface area (Å²) in [7, 11) is 1.56. The second-order valence-electron chi connectivity index (χ2n) is 5.84. The highest BCUT2D eigenvalue weighted by Crippen LogP contribution is 2.25. The van der Waals surface area contributed by atoms with Gasteiger partial charge in [-0.2, -0.15) is 0 Å². The Kier molecular flexibility index (Phi) is 7.02. The van der Waals surface area contributed by atoms with Gasteiger partial charge in [0.25, 0.3) is 0 Å². The van der Waals surface area contributed by atoms with Crippen LogP contribution in [0.25, 0.3) is 0 Å². The Labute approximate surface area is 153 Å². The topological polar surface area (TPSA) is 76.7 Å². The van der Waals surface area contributed by atoms with Crippen LogP contribution in [0.15, 0.2) is 42.5 Å². The van der Waals surface area contributed by atoms with Crippen LogP contribution in [0.3, 0.4) is 0 Å². The van der Waals surface area contributed by atoms with E-state index in [0.29, 0.717) is 11.5 Å². The molecule has 2 amide bonds. The second-order valence-corrected chi connectivity index (χ2v) is 5.84. The predicted octanol–water partition coefficient (Wildman–Crippen LogP) is 2.84. The molecule has 138 valence electrons. The van der Waals surface area contributed by atoms with Crippen LogP contribution in [0.2, 0.25) is 0 Å². The molecule has 6 nitrogen and oxygen atoms in total. The van der Waals surface area contributed by atoms with Crippen molar-refractivity contribution >= 4 is 17.5 Å². The highest BCUT2D eigenvalue weighted by atomic mass is 16.5. The van der Waals surface area contributed by atoms with Crippen LogP contribution in [-0.2, 0) is 9.59 Å². The zero-order valence-corrected chi connectivity index (χ0v) is 15.3. The lowest BCUT2D eigenvalue weighted by molar-refractivity contribution is -0.124. The molecule has 0 aliphatic rings. The molecule has 0 radical (unpaired) electrons. The van der Waals surface area contributed by atoms with Gasteiger partial charge in [0.15, 0.2) is 11.5 Å². The summed E-state index contributed by atoms with van der Waals surface area (Å²) in [4.78, 5) is 23.9. The smallest absolute Gasteiger partial charge is 0.243 e. The fourth-order valence-electron chi connectivity index (χ4n) is 2.45. The van der Waals surface area contributed by atoms with E-state index in [2.05, 4.69) is 10.6 Å². The van der Waals surface area contributed by atoms with E-state index in [1.54, 1.807) is 19.2 Å². The fraction of sp³-hybridized carbons (Fsp3) is 0.300. The maximum Gasteiger partial charge on any atom is 0.243 e. The standard InChI is InChI=1S/C20H24N2O4/c1-14-7-6-8-15(2)20(14)22-19(24)13-21-18(23)11-12-26-17-10-5-4-9-16(17)25-3/h4-10H,11-13H2,1-3H3,(H,21,23)(H,22,24). The molecular formula is C20H24N2O4. The van der Waals surface area contributed by atoms with E-state index in [4.69, 9.17) is 9.47 Å². The third-order valence-corrected chi connectivity index (χ3v) is 3.85. The quantitative estimate of drug-likeness (QED) is 0.762. The van der Waals surface area contributed by atoms with Gasteiger partial charge < -0.3 is 20.1 Å². The molecule has 0 saturated heterocycles. The molecule has 0 aliphatic carbocycles. The zero-order valence-electron chi connectivity index (χ0n) is 15.3. The number of anilines is 1. The Bertz CT molecular complexity index is 754. The monoisotopic (exact) mass is 356 g/mol. The molecule has 2 aromatic rings. The van der Waals surface area contributed by atoms with Crippen molar-refractivity contribution in [1.29, 1.82) is 0 Å². The summed E-state index contributed by atoms with van der Waals surface area (Å²) in [5.74, 6) is 0.675. The molecular weight excluding hydrogens is 332 g/mol. The van der Waals surface area contributed by atoms with Gasteiger partial charge in [-0.05, 0) is 37.1 Å². The van der Waals surface area contributed by atoms with E-state index < -0.39 is 0 Å². The van der Waals surface area contributed by atoms with Crippen LogP contribution < -0.4 is 20.1 Å². The molecule has 0 heterocycles. The number of hydrogen-bond acceptors (Lipinski definition) is 4. The van der Waals surface area contributed by atoms with Crippen molar-refractivity contribution in [1.82, 2.24) is 5.32 Å². The first-order valence-corrected chi connectivity index (χ1v) is 8.40. The predicted molar refractivity (Wildman–Crippen MR) is 101 cm³/mol. The van der Waals surface area contributed by atoms with Gasteiger partial charge in [0.05, 0.1) is 26.7 Å². The molecule has 0 saturated carbocycles. The second kappa shape index (κ2) is 9.46. The summed E-state index contributed by atoms with van der Waals surface area (Å²) in [6.07, 6.45) is 0.148. The number of ether oxygens (including phenoxy) is 2. The van der Waals surface area contributed by atoms with Crippen molar-refractivity contribution in [2.45, 2.75) is 20.3 Å². The Hall–Kier alpha value is -3.02. The number of nitrogens with one attached hydrogen (secondary N) is 2. The van der Waals surface area contributed by atoms with Gasteiger partial charge in [0.2, 0.25) is 11.8 Å². The van der Waals surface area contributed by atoms with E-state index >= 15 is 0 Å². The minimum atomic E-state index is -0.263. The molecule has 6 heteroatoms. The van der Waals surface area contributed by atoms with E-state index in [1.165, 1.54) is 0 Å². The van der Waals surface area contributed by atoms with Crippen LogP contribution in [0.4, 0.5) is 5.69 Å². The summed E-state index contributed by atoms with van der Waals surface area (Å²) < 4.78 is 10.7. The van der Waals surface area contributed by atoms with Gasteiger partial charge in [-0.1, -0.05) is 30.3 Å². The van der Waals surface area contributed by atoms with Crippen molar-refractivity contribution in [2.75, 3.05) is 25.6 Å². The average molecular weight is 356 g/mol. The molecule has 0 bridgehead atoms. The fourth-order valence-corrected chi connectivity index (χ4v) is 2.45.